The molecule has 0 aliphatic rings. The Morgan fingerprint density at radius 2 is 1.72 bits per heavy atom. The molecule has 1 unspecified atom stereocenters. The van der Waals surface area contributed by atoms with E-state index in [1.165, 1.54) is 7.11 Å². The number of hydrogen-bond donors (Lipinski definition) is 2. The van der Waals surface area contributed by atoms with E-state index in [-0.39, 0.29) is 6.61 Å². The fraction of sp³-hybridized carbons (Fsp3) is 0.250. The summed E-state index contributed by atoms with van der Waals surface area (Å²) in [6, 6.07) is 19.9. The monoisotopic (exact) mass is 511 g/mol. The number of nitrogens with one attached hydrogen (secondary N) is 1. The van der Waals surface area contributed by atoms with Crippen molar-refractivity contribution in [3.63, 3.8) is 0 Å². The van der Waals surface area contributed by atoms with Crippen LogP contribution < -0.4 is 19.5 Å². The van der Waals surface area contributed by atoms with Crippen molar-refractivity contribution in [3.05, 3.63) is 88.4 Å². The Balaban J connectivity index is 1.54. The minimum atomic E-state index is -0.708. The normalized spacial score (nSPS) is 12.1. The molecule has 8 heteroatoms. The van der Waals surface area contributed by atoms with Crippen molar-refractivity contribution in [3.8, 4) is 17.2 Å². The van der Waals surface area contributed by atoms with E-state index >= 15 is 0 Å². The van der Waals surface area contributed by atoms with E-state index in [4.69, 9.17) is 30.5 Å². The number of carbonyl (C=O) groups is 1. The number of ether oxygens (including phenoxy) is 4. The highest BCUT2D eigenvalue weighted by Crippen LogP contribution is 2.27. The van der Waals surface area contributed by atoms with Gasteiger partial charge in [-0.2, -0.15) is 0 Å². The number of benzene rings is 3. The van der Waals surface area contributed by atoms with E-state index in [0.717, 1.165) is 16.9 Å². The van der Waals surface area contributed by atoms with E-state index in [1.54, 1.807) is 50.6 Å². The number of halogens is 1. The summed E-state index contributed by atoms with van der Waals surface area (Å²) in [6.45, 7) is 0.991. The molecule has 1 atom stereocenters. The van der Waals surface area contributed by atoms with Crippen LogP contribution in [0.5, 0.6) is 17.2 Å². The van der Waals surface area contributed by atoms with E-state index in [9.17, 15) is 9.90 Å². The van der Waals surface area contributed by atoms with Gasteiger partial charge in [-0.3, -0.25) is 0 Å². The number of methoxy groups -OCH3 is 3. The number of hydrogen-bond acceptors (Lipinski definition) is 7. The Bertz CT molecular complexity index is 1180. The largest absolute Gasteiger partial charge is 0.497 e. The molecule has 3 rings (SSSR count). The van der Waals surface area contributed by atoms with Gasteiger partial charge in [-0.25, -0.2) is 4.79 Å². The molecule has 0 fully saturated rings. The third-order valence-corrected chi connectivity index (χ3v) is 5.72. The second-order valence-corrected chi connectivity index (χ2v) is 8.28. The Morgan fingerprint density at radius 1 is 1.00 bits per heavy atom. The topological polar surface area (TPSA) is 86.3 Å². The van der Waals surface area contributed by atoms with Crippen LogP contribution in [0, 0.1) is 0 Å². The molecule has 0 aromatic heterocycles. The molecule has 0 aliphatic carbocycles. The summed E-state index contributed by atoms with van der Waals surface area (Å²) in [7, 11) is 4.54. The quantitative estimate of drug-likeness (QED) is 0.209. The standard InChI is InChI=1S/C28H30ClNO6/c1-33-23-13-10-20(27(15-23)34-2)16-30-17-21(31)18-36-22-11-8-19(9-12-22)14-25(28(32)35-3)24-6-4-5-7-26(24)29/h4-15,21,30-31H,16-18H2,1-3H3. The highest BCUT2D eigenvalue weighted by Gasteiger charge is 2.15. The number of carbonyl (C=O) groups excluding carboxylic acids is 1. The summed E-state index contributed by atoms with van der Waals surface area (Å²) in [4.78, 5) is 12.3. The molecule has 0 heterocycles. The first-order chi connectivity index (χ1) is 17.4. The molecule has 0 saturated carbocycles. The fourth-order valence-electron chi connectivity index (χ4n) is 3.49. The molecule has 0 aliphatic heterocycles. The van der Waals surface area contributed by atoms with Gasteiger partial charge in [0.25, 0.3) is 0 Å². The van der Waals surface area contributed by atoms with Crippen LogP contribution in [0.15, 0.2) is 66.7 Å². The smallest absolute Gasteiger partial charge is 0.338 e. The summed E-state index contributed by atoms with van der Waals surface area (Å²) in [6.07, 6.45) is 1.00. The molecule has 0 amide bonds. The van der Waals surface area contributed by atoms with Gasteiger partial charge < -0.3 is 29.4 Å². The van der Waals surface area contributed by atoms with Crippen LogP contribution in [0.1, 0.15) is 16.7 Å². The summed E-state index contributed by atoms with van der Waals surface area (Å²) in [5.74, 6) is 1.55. The third kappa shape index (κ3) is 7.49. The Morgan fingerprint density at radius 3 is 2.39 bits per heavy atom. The molecular formula is C28H30ClNO6. The van der Waals surface area contributed by atoms with Gasteiger partial charge in [-0.05, 0) is 35.9 Å². The first kappa shape index (κ1) is 27.1. The van der Waals surface area contributed by atoms with Gasteiger partial charge >= 0.3 is 5.97 Å². The lowest BCUT2D eigenvalue weighted by molar-refractivity contribution is -0.133. The first-order valence-electron chi connectivity index (χ1n) is 11.3. The zero-order valence-electron chi connectivity index (χ0n) is 20.5. The SMILES string of the molecule is COC(=O)C(=Cc1ccc(OCC(O)CNCc2ccc(OC)cc2OC)cc1)c1ccccc1Cl. The van der Waals surface area contributed by atoms with Gasteiger partial charge in [-0.1, -0.05) is 48.0 Å². The Kier molecular flexibility index (Phi) is 10.2. The third-order valence-electron chi connectivity index (χ3n) is 5.39. The maximum Gasteiger partial charge on any atom is 0.338 e. The lowest BCUT2D eigenvalue weighted by atomic mass is 10.0. The van der Waals surface area contributed by atoms with Crippen LogP contribution in [0.25, 0.3) is 11.6 Å². The Hall–Kier alpha value is -3.52. The summed E-state index contributed by atoms with van der Waals surface area (Å²) < 4.78 is 21.2. The summed E-state index contributed by atoms with van der Waals surface area (Å²) in [5.41, 5.74) is 2.68. The van der Waals surface area contributed by atoms with Crippen molar-refractivity contribution in [1.29, 1.82) is 0 Å². The van der Waals surface area contributed by atoms with Crippen LogP contribution in [0.4, 0.5) is 0 Å². The van der Waals surface area contributed by atoms with Crippen molar-refractivity contribution < 1.29 is 28.8 Å². The van der Waals surface area contributed by atoms with Crippen molar-refractivity contribution in [1.82, 2.24) is 5.32 Å². The van der Waals surface area contributed by atoms with Crippen molar-refractivity contribution in [2.24, 2.45) is 0 Å². The number of rotatable bonds is 12. The van der Waals surface area contributed by atoms with Gasteiger partial charge in [-0.15, -0.1) is 0 Å². The molecule has 0 saturated heterocycles. The van der Waals surface area contributed by atoms with Crippen molar-refractivity contribution in [2.45, 2.75) is 12.6 Å². The van der Waals surface area contributed by atoms with Crippen LogP contribution in [-0.2, 0) is 16.1 Å². The van der Waals surface area contributed by atoms with Crippen molar-refractivity contribution in [2.75, 3.05) is 34.5 Å². The zero-order chi connectivity index (χ0) is 25.9. The molecule has 36 heavy (non-hydrogen) atoms. The molecule has 0 spiro atoms. The molecular weight excluding hydrogens is 482 g/mol. The molecule has 2 N–H and O–H groups in total. The summed E-state index contributed by atoms with van der Waals surface area (Å²) >= 11 is 6.27. The van der Waals surface area contributed by atoms with Gasteiger partial charge in [0, 0.05) is 35.3 Å². The predicted molar refractivity (Wildman–Crippen MR) is 141 cm³/mol. The molecule has 0 bridgehead atoms. The van der Waals surface area contributed by atoms with Gasteiger partial charge in [0.15, 0.2) is 0 Å². The van der Waals surface area contributed by atoms with Crippen LogP contribution in [0.3, 0.4) is 0 Å². The second-order valence-electron chi connectivity index (χ2n) is 7.87. The first-order valence-corrected chi connectivity index (χ1v) is 11.7. The van der Waals surface area contributed by atoms with Crippen LogP contribution in [0.2, 0.25) is 5.02 Å². The van der Waals surface area contributed by atoms with E-state index < -0.39 is 12.1 Å². The van der Waals surface area contributed by atoms with E-state index in [0.29, 0.717) is 40.7 Å². The highest BCUT2D eigenvalue weighted by molar-refractivity contribution is 6.35. The average Bonchev–Trinajstić information content (AvgIpc) is 2.91. The second kappa shape index (κ2) is 13.5. The van der Waals surface area contributed by atoms with Gasteiger partial charge in [0.2, 0.25) is 0 Å². The van der Waals surface area contributed by atoms with Gasteiger partial charge in [0.05, 0.1) is 26.9 Å². The Labute approximate surface area is 216 Å². The maximum atomic E-state index is 12.3. The highest BCUT2D eigenvalue weighted by atomic mass is 35.5. The maximum absolute atomic E-state index is 12.3. The zero-order valence-corrected chi connectivity index (χ0v) is 21.2. The lowest BCUT2D eigenvalue weighted by Crippen LogP contribution is -2.31. The van der Waals surface area contributed by atoms with E-state index in [2.05, 4.69) is 5.32 Å². The lowest BCUT2D eigenvalue weighted by Gasteiger charge is -2.15. The van der Waals surface area contributed by atoms with Gasteiger partial charge in [0.1, 0.15) is 30.0 Å². The van der Waals surface area contributed by atoms with E-state index in [1.807, 2.05) is 36.4 Å². The minimum absolute atomic E-state index is 0.120. The van der Waals surface area contributed by atoms with Crippen LogP contribution in [-0.4, -0.2) is 51.7 Å². The van der Waals surface area contributed by atoms with Crippen LogP contribution >= 0.6 is 11.6 Å². The molecule has 7 nitrogen and oxygen atoms in total. The molecule has 190 valence electrons. The molecule has 3 aromatic rings. The number of aliphatic hydroxyl groups excluding tert-OH is 1. The summed E-state index contributed by atoms with van der Waals surface area (Å²) in [5, 5.41) is 14.0. The fourth-order valence-corrected chi connectivity index (χ4v) is 3.72. The minimum Gasteiger partial charge on any atom is -0.497 e. The molecule has 0 radical (unpaired) electrons. The predicted octanol–water partition coefficient (Wildman–Crippen LogP) is 4.60. The number of esters is 1. The van der Waals surface area contributed by atoms with Crippen molar-refractivity contribution >= 4 is 29.2 Å². The molecule has 3 aromatic carbocycles. The average molecular weight is 512 g/mol. The number of aliphatic hydroxyl groups is 1.